The topological polar surface area (TPSA) is 68.8 Å². The second kappa shape index (κ2) is 4.18. The van der Waals surface area contributed by atoms with Gasteiger partial charge < -0.3 is 11.1 Å². The van der Waals surface area contributed by atoms with Gasteiger partial charge in [-0.3, -0.25) is 4.98 Å². The van der Waals surface area contributed by atoms with Crippen molar-refractivity contribution in [3.8, 4) is 11.3 Å². The summed E-state index contributed by atoms with van der Waals surface area (Å²) in [6, 6.07) is 6.29. The third-order valence-corrected chi connectivity index (χ3v) is 3.09. The van der Waals surface area contributed by atoms with Gasteiger partial charge in [0, 0.05) is 37.1 Å². The molecule has 5 nitrogen and oxygen atoms in total. The maximum atomic E-state index is 5.77. The van der Waals surface area contributed by atoms with Gasteiger partial charge in [-0.2, -0.15) is 5.10 Å². The zero-order valence-corrected chi connectivity index (χ0v) is 9.50. The number of hydrogen-bond donors (Lipinski definition) is 2. The monoisotopic (exact) mass is 229 g/mol. The molecule has 0 fully saturated rings. The van der Waals surface area contributed by atoms with E-state index in [4.69, 9.17) is 5.73 Å². The van der Waals surface area contributed by atoms with Gasteiger partial charge in [-0.1, -0.05) is 0 Å². The molecular weight excluding hydrogens is 214 g/mol. The Balaban J connectivity index is 2.02. The van der Waals surface area contributed by atoms with Crippen LogP contribution in [0.3, 0.4) is 0 Å². The Bertz CT molecular complexity index is 505. The van der Waals surface area contributed by atoms with E-state index in [-0.39, 0.29) is 0 Å². The summed E-state index contributed by atoms with van der Waals surface area (Å²) in [7, 11) is 0. The number of nitrogens with zero attached hydrogens (tertiary/aromatic N) is 3. The number of pyridine rings is 1. The minimum Gasteiger partial charge on any atom is -0.370 e. The molecular formula is C12H15N5. The first-order valence-electron chi connectivity index (χ1n) is 5.82. The van der Waals surface area contributed by atoms with Crippen molar-refractivity contribution in [2.45, 2.75) is 12.5 Å². The Morgan fingerprint density at radius 1 is 1.53 bits per heavy atom. The predicted octanol–water partition coefficient (Wildman–Crippen LogP) is 1.26. The highest BCUT2D eigenvalue weighted by Crippen LogP contribution is 2.27. The zero-order valence-electron chi connectivity index (χ0n) is 9.50. The highest BCUT2D eigenvalue weighted by molar-refractivity contribution is 5.62. The van der Waals surface area contributed by atoms with Crippen LogP contribution in [0.1, 0.15) is 12.5 Å². The highest BCUT2D eigenvalue weighted by atomic mass is 15.4. The van der Waals surface area contributed by atoms with Gasteiger partial charge in [0.1, 0.15) is 5.82 Å². The molecule has 1 atom stereocenters. The SMILES string of the molecule is NCC1CCNc2cc(-c3cccnc3)nn21. The van der Waals surface area contributed by atoms with E-state index in [1.165, 1.54) is 0 Å². The third-order valence-electron chi connectivity index (χ3n) is 3.09. The van der Waals surface area contributed by atoms with E-state index in [0.29, 0.717) is 12.6 Å². The fourth-order valence-corrected chi connectivity index (χ4v) is 2.17. The average Bonchev–Trinajstić information content (AvgIpc) is 2.83. The number of fused-ring (bicyclic) bond motifs is 1. The lowest BCUT2D eigenvalue weighted by atomic mass is 10.2. The van der Waals surface area contributed by atoms with Gasteiger partial charge in [-0.05, 0) is 18.6 Å². The summed E-state index contributed by atoms with van der Waals surface area (Å²) in [5.74, 6) is 1.05. The number of aromatic nitrogens is 3. The van der Waals surface area contributed by atoms with Crippen LogP contribution in [0.4, 0.5) is 5.82 Å². The Morgan fingerprint density at radius 2 is 2.47 bits per heavy atom. The lowest BCUT2D eigenvalue weighted by molar-refractivity contribution is 0.429. The minimum absolute atomic E-state index is 0.302. The molecule has 0 bridgehead atoms. The number of hydrogen-bond acceptors (Lipinski definition) is 4. The van der Waals surface area contributed by atoms with Crippen LogP contribution < -0.4 is 11.1 Å². The quantitative estimate of drug-likeness (QED) is 0.813. The van der Waals surface area contributed by atoms with Crippen molar-refractivity contribution in [2.24, 2.45) is 5.73 Å². The molecule has 0 aromatic carbocycles. The number of nitrogens with two attached hydrogens (primary N) is 1. The van der Waals surface area contributed by atoms with Crippen molar-refractivity contribution in [3.05, 3.63) is 30.6 Å². The molecule has 0 spiro atoms. The van der Waals surface area contributed by atoms with Crippen molar-refractivity contribution in [1.82, 2.24) is 14.8 Å². The molecule has 1 unspecified atom stereocenters. The van der Waals surface area contributed by atoms with Gasteiger partial charge in [-0.25, -0.2) is 4.68 Å². The third kappa shape index (κ3) is 1.78. The largest absolute Gasteiger partial charge is 0.370 e. The molecule has 0 aliphatic carbocycles. The summed E-state index contributed by atoms with van der Waals surface area (Å²) < 4.78 is 1.99. The molecule has 5 heteroatoms. The summed E-state index contributed by atoms with van der Waals surface area (Å²) in [5, 5.41) is 7.95. The van der Waals surface area contributed by atoms with Crippen molar-refractivity contribution in [2.75, 3.05) is 18.4 Å². The smallest absolute Gasteiger partial charge is 0.125 e. The van der Waals surface area contributed by atoms with E-state index in [0.717, 1.165) is 30.0 Å². The van der Waals surface area contributed by atoms with Crippen LogP contribution >= 0.6 is 0 Å². The fraction of sp³-hybridized carbons (Fsp3) is 0.333. The Labute approximate surface area is 99.7 Å². The van der Waals surface area contributed by atoms with Gasteiger partial charge in [0.2, 0.25) is 0 Å². The minimum atomic E-state index is 0.302. The van der Waals surface area contributed by atoms with Crippen LogP contribution in [0, 0.1) is 0 Å². The van der Waals surface area contributed by atoms with Gasteiger partial charge in [0.05, 0.1) is 11.7 Å². The first-order chi connectivity index (χ1) is 8.38. The Hall–Kier alpha value is -1.88. The molecule has 0 radical (unpaired) electrons. The lowest BCUT2D eigenvalue weighted by Crippen LogP contribution is -2.28. The summed E-state index contributed by atoms with van der Waals surface area (Å²) in [4.78, 5) is 4.11. The molecule has 2 aromatic heterocycles. The van der Waals surface area contributed by atoms with Crippen LogP contribution in [0.15, 0.2) is 30.6 Å². The van der Waals surface area contributed by atoms with Crippen molar-refractivity contribution in [3.63, 3.8) is 0 Å². The Kier molecular flexibility index (Phi) is 2.53. The predicted molar refractivity (Wildman–Crippen MR) is 66.7 cm³/mol. The van der Waals surface area contributed by atoms with Crippen LogP contribution in [0.5, 0.6) is 0 Å². The molecule has 1 aliphatic heterocycles. The van der Waals surface area contributed by atoms with E-state index in [1.807, 2.05) is 23.0 Å². The molecule has 2 aromatic rings. The summed E-state index contributed by atoms with van der Waals surface area (Å²) in [6.45, 7) is 1.59. The lowest BCUT2D eigenvalue weighted by Gasteiger charge is -2.24. The van der Waals surface area contributed by atoms with Gasteiger partial charge in [0.15, 0.2) is 0 Å². The summed E-state index contributed by atoms with van der Waals surface area (Å²) in [5.41, 5.74) is 7.74. The highest BCUT2D eigenvalue weighted by Gasteiger charge is 2.20. The van der Waals surface area contributed by atoms with E-state index < -0.39 is 0 Å². The molecule has 3 rings (SSSR count). The van der Waals surface area contributed by atoms with Crippen molar-refractivity contribution >= 4 is 5.82 Å². The van der Waals surface area contributed by atoms with Crippen molar-refractivity contribution < 1.29 is 0 Å². The molecule has 3 N–H and O–H groups in total. The van der Waals surface area contributed by atoms with Crippen LogP contribution in [0.25, 0.3) is 11.3 Å². The molecule has 1 aliphatic rings. The van der Waals surface area contributed by atoms with Crippen molar-refractivity contribution in [1.29, 1.82) is 0 Å². The van der Waals surface area contributed by atoms with E-state index >= 15 is 0 Å². The van der Waals surface area contributed by atoms with E-state index in [9.17, 15) is 0 Å². The standard InChI is InChI=1S/C12H15N5/c13-7-10-3-5-15-12-6-11(16-17(10)12)9-2-1-4-14-8-9/h1-2,4,6,8,10,15H,3,5,7,13H2. The number of nitrogens with one attached hydrogen (secondary N) is 1. The maximum absolute atomic E-state index is 5.77. The van der Waals surface area contributed by atoms with E-state index in [2.05, 4.69) is 21.5 Å². The average molecular weight is 229 g/mol. The molecule has 0 saturated carbocycles. The zero-order chi connectivity index (χ0) is 11.7. The van der Waals surface area contributed by atoms with Gasteiger partial charge >= 0.3 is 0 Å². The molecule has 0 saturated heterocycles. The summed E-state index contributed by atoms with van der Waals surface area (Å²) >= 11 is 0. The Morgan fingerprint density at radius 3 is 3.24 bits per heavy atom. The summed E-state index contributed by atoms with van der Waals surface area (Å²) in [6.07, 6.45) is 4.61. The van der Waals surface area contributed by atoms with E-state index in [1.54, 1.807) is 6.20 Å². The van der Waals surface area contributed by atoms with Crippen LogP contribution in [0.2, 0.25) is 0 Å². The molecule has 88 valence electrons. The van der Waals surface area contributed by atoms with Crippen LogP contribution in [-0.2, 0) is 0 Å². The number of anilines is 1. The van der Waals surface area contributed by atoms with Gasteiger partial charge in [0.25, 0.3) is 0 Å². The molecule has 0 amide bonds. The number of rotatable bonds is 2. The molecule has 3 heterocycles. The van der Waals surface area contributed by atoms with Crippen LogP contribution in [-0.4, -0.2) is 27.9 Å². The second-order valence-corrected chi connectivity index (χ2v) is 4.21. The first kappa shape index (κ1) is 10.3. The maximum Gasteiger partial charge on any atom is 0.125 e. The fourth-order valence-electron chi connectivity index (χ4n) is 2.17. The normalized spacial score (nSPS) is 18.5. The first-order valence-corrected chi connectivity index (χ1v) is 5.82. The second-order valence-electron chi connectivity index (χ2n) is 4.21. The molecule has 17 heavy (non-hydrogen) atoms. The van der Waals surface area contributed by atoms with Gasteiger partial charge in [-0.15, -0.1) is 0 Å².